The number of rotatable bonds is 7. The first-order valence-electron chi connectivity index (χ1n) is 13.2. The molecule has 0 unspecified atom stereocenters. The van der Waals surface area contributed by atoms with Gasteiger partial charge in [-0.15, -0.1) is 0 Å². The van der Waals surface area contributed by atoms with Gasteiger partial charge in [-0.25, -0.2) is 9.48 Å². The van der Waals surface area contributed by atoms with Crippen molar-refractivity contribution < 1.29 is 23.1 Å². The Morgan fingerprint density at radius 2 is 1.74 bits per heavy atom. The molecule has 43 heavy (non-hydrogen) atoms. The molecule has 3 aromatic carbocycles. The fourth-order valence-electron chi connectivity index (χ4n) is 4.98. The lowest BCUT2D eigenvalue weighted by molar-refractivity contribution is -0.137. The van der Waals surface area contributed by atoms with E-state index in [1.165, 1.54) is 26.6 Å². The van der Waals surface area contributed by atoms with Gasteiger partial charge in [0.25, 0.3) is 0 Å². The number of fused-ring (bicyclic) bond motifs is 1. The quantitative estimate of drug-likeness (QED) is 0.266. The van der Waals surface area contributed by atoms with E-state index < -0.39 is 23.9 Å². The summed E-state index contributed by atoms with van der Waals surface area (Å²) in [6, 6.07) is 23.8. The zero-order chi connectivity index (χ0) is 30.7. The lowest BCUT2D eigenvalue weighted by atomic mass is 9.95. The highest BCUT2D eigenvalue weighted by molar-refractivity contribution is 5.69. The van der Waals surface area contributed by atoms with E-state index in [1.54, 1.807) is 31.2 Å². The normalized spacial score (nSPS) is 14.6. The van der Waals surface area contributed by atoms with Crippen molar-refractivity contribution in [2.45, 2.75) is 32.1 Å². The van der Waals surface area contributed by atoms with Crippen LogP contribution in [-0.4, -0.2) is 37.4 Å². The molecular weight excluding hydrogens is 559 g/mol. The first-order valence-corrected chi connectivity index (χ1v) is 13.2. The molecule has 1 aromatic heterocycles. The Bertz CT molecular complexity index is 1770. The number of halogens is 3. The Morgan fingerprint density at radius 3 is 2.37 bits per heavy atom. The van der Waals surface area contributed by atoms with Crippen LogP contribution < -0.4 is 4.90 Å². The molecule has 4 aromatic rings. The van der Waals surface area contributed by atoms with Gasteiger partial charge in [-0.1, -0.05) is 48.5 Å². The lowest BCUT2D eigenvalue weighted by Crippen LogP contribution is -2.31. The van der Waals surface area contributed by atoms with Gasteiger partial charge in [0.2, 0.25) is 5.95 Å². The molecule has 1 aliphatic heterocycles. The highest BCUT2D eigenvalue weighted by atomic mass is 19.4. The van der Waals surface area contributed by atoms with Crippen molar-refractivity contribution >= 4 is 17.7 Å². The Balaban J connectivity index is 1.58. The minimum atomic E-state index is -4.59. The highest BCUT2D eigenvalue weighted by Gasteiger charge is 2.37. The topological polar surface area (TPSA) is 122 Å². The molecule has 12 heteroatoms. The molecule has 0 aliphatic carbocycles. The Morgan fingerprint density at radius 1 is 1.02 bits per heavy atom. The summed E-state index contributed by atoms with van der Waals surface area (Å²) in [5.41, 5.74) is 1.69. The van der Waals surface area contributed by atoms with Gasteiger partial charge in [0.15, 0.2) is 5.82 Å². The number of hydrogen-bond acceptors (Lipinski definition) is 6. The predicted molar refractivity (Wildman–Crippen MR) is 150 cm³/mol. The SMILES string of the molecule is CC1=C(C#N)[C@@H](c2ccc(C#N)cc2)n2nc(CCN(Cc3ccccc3)C(=O)O)nc2N1c1cccc(C(F)(F)F)c1. The van der Waals surface area contributed by atoms with Crippen LogP contribution in [0.15, 0.2) is 90.1 Å². The third-order valence-corrected chi connectivity index (χ3v) is 7.10. The van der Waals surface area contributed by atoms with Crippen molar-refractivity contribution in [3.63, 3.8) is 0 Å². The zero-order valence-electron chi connectivity index (χ0n) is 22.8. The third-order valence-electron chi connectivity index (χ3n) is 7.10. The lowest BCUT2D eigenvalue weighted by Gasteiger charge is -2.34. The molecule has 2 heterocycles. The van der Waals surface area contributed by atoms with Gasteiger partial charge in [-0.05, 0) is 48.4 Å². The van der Waals surface area contributed by atoms with E-state index in [0.717, 1.165) is 17.7 Å². The number of aromatic nitrogens is 3. The van der Waals surface area contributed by atoms with Crippen LogP contribution in [0, 0.1) is 22.7 Å². The van der Waals surface area contributed by atoms with E-state index in [4.69, 9.17) is 0 Å². The van der Waals surface area contributed by atoms with Gasteiger partial charge in [0.05, 0.1) is 28.8 Å². The molecule has 0 saturated carbocycles. The van der Waals surface area contributed by atoms with Crippen LogP contribution in [0.2, 0.25) is 0 Å². The monoisotopic (exact) mass is 583 g/mol. The second kappa shape index (κ2) is 11.7. The summed E-state index contributed by atoms with van der Waals surface area (Å²) >= 11 is 0. The summed E-state index contributed by atoms with van der Waals surface area (Å²) in [7, 11) is 0. The number of anilines is 2. The molecule has 1 aliphatic rings. The molecule has 0 radical (unpaired) electrons. The number of hydrogen-bond donors (Lipinski definition) is 1. The molecule has 0 fully saturated rings. The largest absolute Gasteiger partial charge is 0.465 e. The zero-order valence-corrected chi connectivity index (χ0v) is 22.8. The van der Waals surface area contributed by atoms with Crippen LogP contribution in [0.1, 0.15) is 41.0 Å². The fraction of sp³-hybridized carbons (Fsp3) is 0.194. The average molecular weight is 584 g/mol. The summed E-state index contributed by atoms with van der Waals surface area (Å²) in [5.74, 6) is 0.419. The minimum Gasteiger partial charge on any atom is -0.465 e. The van der Waals surface area contributed by atoms with E-state index in [9.17, 15) is 33.6 Å². The average Bonchev–Trinajstić information content (AvgIpc) is 3.42. The summed E-state index contributed by atoms with van der Waals surface area (Å²) in [5, 5.41) is 33.9. The van der Waals surface area contributed by atoms with Gasteiger partial charge in [0.1, 0.15) is 6.04 Å². The first-order chi connectivity index (χ1) is 20.6. The smallest absolute Gasteiger partial charge is 0.416 e. The molecule has 1 amide bonds. The molecule has 5 rings (SSSR count). The van der Waals surface area contributed by atoms with Crippen molar-refractivity contribution in [3.05, 3.63) is 118 Å². The molecule has 216 valence electrons. The fourth-order valence-corrected chi connectivity index (χ4v) is 4.98. The van der Waals surface area contributed by atoms with E-state index in [2.05, 4.69) is 16.2 Å². The van der Waals surface area contributed by atoms with Crippen LogP contribution in [0.3, 0.4) is 0 Å². The number of nitrogens with zero attached hydrogens (tertiary/aromatic N) is 7. The summed E-state index contributed by atoms with van der Waals surface area (Å²) < 4.78 is 42.3. The van der Waals surface area contributed by atoms with Crippen LogP contribution in [-0.2, 0) is 19.1 Å². The molecule has 1 N–H and O–H groups in total. The molecular formula is C31H24F3N7O2. The van der Waals surface area contributed by atoms with Crippen LogP contribution in [0.4, 0.5) is 29.6 Å². The second-order valence-electron chi connectivity index (χ2n) is 9.84. The van der Waals surface area contributed by atoms with E-state index in [1.807, 2.05) is 36.4 Å². The van der Waals surface area contributed by atoms with Crippen molar-refractivity contribution in [1.29, 1.82) is 10.5 Å². The maximum absolute atomic E-state index is 13.6. The number of alkyl halides is 3. The molecule has 0 saturated heterocycles. The summed E-state index contributed by atoms with van der Waals surface area (Å²) in [6.45, 7) is 1.82. The van der Waals surface area contributed by atoms with E-state index in [-0.39, 0.29) is 42.5 Å². The summed E-state index contributed by atoms with van der Waals surface area (Å²) in [6.07, 6.45) is -5.61. The number of allylic oxidation sites excluding steroid dienone is 2. The van der Waals surface area contributed by atoms with Crippen molar-refractivity contribution in [1.82, 2.24) is 19.7 Å². The van der Waals surface area contributed by atoms with E-state index >= 15 is 0 Å². The Kier molecular flexibility index (Phi) is 7.86. The van der Waals surface area contributed by atoms with Gasteiger partial charge in [0, 0.05) is 30.9 Å². The van der Waals surface area contributed by atoms with Gasteiger partial charge in [-0.2, -0.15) is 33.8 Å². The molecule has 1 atom stereocenters. The number of carbonyl (C=O) groups is 1. The molecule has 0 spiro atoms. The Hall–Kier alpha value is -5.62. The van der Waals surface area contributed by atoms with Crippen molar-refractivity contribution in [2.24, 2.45) is 0 Å². The van der Waals surface area contributed by atoms with E-state index in [0.29, 0.717) is 16.8 Å². The number of carboxylic acid groups (broad SMARTS) is 1. The standard InChI is InChI=1S/C31H24F3N7O2/c1-20-26(18-36)28(23-12-10-21(17-35)11-13-23)41-29(40(20)25-9-5-8-24(16-25)31(32,33)34)37-27(38-41)14-15-39(30(42)43)19-22-6-3-2-4-7-22/h2-13,16,28H,14-15,19H2,1H3,(H,42,43)/t28-/m1/s1. The Labute approximate surface area is 245 Å². The van der Waals surface area contributed by atoms with Gasteiger partial charge < -0.3 is 10.0 Å². The van der Waals surface area contributed by atoms with Crippen LogP contribution >= 0.6 is 0 Å². The van der Waals surface area contributed by atoms with Gasteiger partial charge >= 0.3 is 12.3 Å². The second-order valence-corrected chi connectivity index (χ2v) is 9.84. The number of nitriles is 2. The van der Waals surface area contributed by atoms with Crippen molar-refractivity contribution in [3.8, 4) is 12.1 Å². The predicted octanol–water partition coefficient (Wildman–Crippen LogP) is 6.43. The van der Waals surface area contributed by atoms with Gasteiger partial charge in [-0.3, -0.25) is 4.90 Å². The first kappa shape index (κ1) is 28.9. The number of benzene rings is 3. The molecule has 0 bridgehead atoms. The van der Waals surface area contributed by atoms with Crippen LogP contribution in [0.25, 0.3) is 0 Å². The minimum absolute atomic E-state index is 0.0519. The number of amides is 1. The third kappa shape index (κ3) is 5.90. The van der Waals surface area contributed by atoms with Crippen LogP contribution in [0.5, 0.6) is 0 Å². The summed E-state index contributed by atoms with van der Waals surface area (Å²) in [4.78, 5) is 19.3. The maximum Gasteiger partial charge on any atom is 0.416 e. The maximum atomic E-state index is 13.6. The highest BCUT2D eigenvalue weighted by Crippen LogP contribution is 2.43. The van der Waals surface area contributed by atoms with Crippen molar-refractivity contribution in [2.75, 3.05) is 11.4 Å². The molecule has 9 nitrogen and oxygen atoms in total.